The molecule has 0 heterocycles. The van der Waals surface area contributed by atoms with E-state index in [0.29, 0.717) is 19.1 Å². The quantitative estimate of drug-likeness (QED) is 0.869. The Kier molecular flexibility index (Phi) is 5.01. The van der Waals surface area contributed by atoms with Crippen molar-refractivity contribution >= 4 is 11.6 Å². The minimum absolute atomic E-state index is 0.127. The Morgan fingerprint density at radius 2 is 2.25 bits per heavy atom. The maximum Gasteiger partial charge on any atom is 0.227 e. The lowest BCUT2D eigenvalue weighted by Crippen LogP contribution is -2.24. The summed E-state index contributed by atoms with van der Waals surface area (Å²) in [6, 6.07) is 5.66. The Labute approximate surface area is 120 Å². The lowest BCUT2D eigenvalue weighted by atomic mass is 9.97. The average Bonchev–Trinajstić information content (AvgIpc) is 2.87. The second kappa shape index (κ2) is 6.75. The highest BCUT2D eigenvalue weighted by Crippen LogP contribution is 2.32. The van der Waals surface area contributed by atoms with Gasteiger partial charge in [0.15, 0.2) is 0 Å². The summed E-state index contributed by atoms with van der Waals surface area (Å²) in [6.45, 7) is 5.11. The van der Waals surface area contributed by atoms with Gasteiger partial charge in [0, 0.05) is 23.7 Å². The number of nitrogens with two attached hydrogens (primary N) is 1. The Balaban J connectivity index is 2.07. The van der Waals surface area contributed by atoms with Crippen LogP contribution in [-0.2, 0) is 11.3 Å². The smallest absolute Gasteiger partial charge is 0.227 e. The summed E-state index contributed by atoms with van der Waals surface area (Å²) in [7, 11) is 0. The molecule has 20 heavy (non-hydrogen) atoms. The van der Waals surface area contributed by atoms with E-state index in [1.807, 2.05) is 25.1 Å². The van der Waals surface area contributed by atoms with E-state index in [9.17, 15) is 4.79 Å². The highest BCUT2D eigenvalue weighted by molar-refractivity contribution is 5.93. The van der Waals surface area contributed by atoms with Gasteiger partial charge in [-0.2, -0.15) is 0 Å². The summed E-state index contributed by atoms with van der Waals surface area (Å²) in [6.07, 6.45) is 3.29. The van der Waals surface area contributed by atoms with Crippen LogP contribution in [0.5, 0.6) is 5.75 Å². The van der Waals surface area contributed by atoms with Crippen molar-refractivity contribution in [3.05, 3.63) is 23.8 Å². The van der Waals surface area contributed by atoms with E-state index in [4.69, 9.17) is 10.5 Å². The van der Waals surface area contributed by atoms with Crippen molar-refractivity contribution in [1.29, 1.82) is 0 Å². The number of benzene rings is 1. The first kappa shape index (κ1) is 14.9. The van der Waals surface area contributed by atoms with Gasteiger partial charge in [-0.15, -0.1) is 0 Å². The largest absolute Gasteiger partial charge is 0.494 e. The molecular formula is C16H24N2O2. The van der Waals surface area contributed by atoms with E-state index in [2.05, 4.69) is 12.2 Å². The Hall–Kier alpha value is -1.55. The molecule has 0 aliphatic heterocycles. The van der Waals surface area contributed by atoms with E-state index in [-0.39, 0.29) is 11.8 Å². The van der Waals surface area contributed by atoms with Crippen molar-refractivity contribution in [2.75, 3.05) is 11.9 Å². The first-order valence-corrected chi connectivity index (χ1v) is 7.42. The van der Waals surface area contributed by atoms with Crippen molar-refractivity contribution in [3.8, 4) is 5.75 Å². The van der Waals surface area contributed by atoms with Gasteiger partial charge in [0.1, 0.15) is 5.75 Å². The Morgan fingerprint density at radius 3 is 2.85 bits per heavy atom. The molecule has 3 N–H and O–H groups in total. The van der Waals surface area contributed by atoms with Gasteiger partial charge in [-0.05, 0) is 43.9 Å². The number of hydrogen-bond acceptors (Lipinski definition) is 3. The molecule has 1 aromatic rings. The number of hydrogen-bond donors (Lipinski definition) is 2. The van der Waals surface area contributed by atoms with Crippen LogP contribution < -0.4 is 15.8 Å². The molecule has 110 valence electrons. The standard InChI is InChI=1S/C16H24N2O2/c1-3-20-15-8-7-13(9-12(15)10-17)18-16(19)14-6-4-5-11(14)2/h7-9,11,14H,3-6,10,17H2,1-2H3,(H,18,19). The molecule has 0 radical (unpaired) electrons. The van der Waals surface area contributed by atoms with Crippen LogP contribution in [0.1, 0.15) is 38.7 Å². The SMILES string of the molecule is CCOc1ccc(NC(=O)C2CCCC2C)cc1CN. The van der Waals surface area contributed by atoms with Crippen molar-refractivity contribution in [3.63, 3.8) is 0 Å². The van der Waals surface area contributed by atoms with Gasteiger partial charge in [0.05, 0.1) is 6.61 Å². The molecule has 0 aromatic heterocycles. The minimum atomic E-state index is 0.127. The normalized spacial score (nSPS) is 21.8. The summed E-state index contributed by atoms with van der Waals surface area (Å²) in [5.41, 5.74) is 7.46. The fourth-order valence-electron chi connectivity index (χ4n) is 2.88. The van der Waals surface area contributed by atoms with Gasteiger partial charge in [0.2, 0.25) is 5.91 Å². The number of carbonyl (C=O) groups excluding carboxylic acids is 1. The molecule has 2 atom stereocenters. The molecule has 0 saturated heterocycles. The second-order valence-corrected chi connectivity index (χ2v) is 5.46. The monoisotopic (exact) mass is 276 g/mol. The van der Waals surface area contributed by atoms with Gasteiger partial charge < -0.3 is 15.8 Å². The molecule has 1 aromatic carbocycles. The van der Waals surface area contributed by atoms with E-state index >= 15 is 0 Å². The summed E-state index contributed by atoms with van der Waals surface area (Å²) < 4.78 is 5.51. The molecule has 4 nitrogen and oxygen atoms in total. The summed E-state index contributed by atoms with van der Waals surface area (Å²) >= 11 is 0. The third kappa shape index (κ3) is 3.31. The van der Waals surface area contributed by atoms with Gasteiger partial charge in [-0.3, -0.25) is 4.79 Å². The third-order valence-corrected chi connectivity index (χ3v) is 4.05. The van der Waals surface area contributed by atoms with Crippen molar-refractivity contribution in [2.24, 2.45) is 17.6 Å². The first-order chi connectivity index (χ1) is 9.65. The summed E-state index contributed by atoms with van der Waals surface area (Å²) in [5.74, 6) is 1.54. The number of rotatable bonds is 5. The number of carbonyl (C=O) groups is 1. The second-order valence-electron chi connectivity index (χ2n) is 5.46. The highest BCUT2D eigenvalue weighted by Gasteiger charge is 2.29. The van der Waals surface area contributed by atoms with E-state index < -0.39 is 0 Å². The molecule has 1 amide bonds. The lowest BCUT2D eigenvalue weighted by Gasteiger charge is -2.16. The maximum atomic E-state index is 12.3. The van der Waals surface area contributed by atoms with Crippen molar-refractivity contribution in [2.45, 2.75) is 39.7 Å². The van der Waals surface area contributed by atoms with E-state index in [0.717, 1.165) is 36.3 Å². The molecule has 1 aliphatic carbocycles. The zero-order valence-corrected chi connectivity index (χ0v) is 12.3. The molecule has 1 fully saturated rings. The zero-order valence-electron chi connectivity index (χ0n) is 12.3. The molecule has 4 heteroatoms. The molecule has 0 spiro atoms. The predicted molar refractivity (Wildman–Crippen MR) is 80.6 cm³/mol. The molecule has 1 saturated carbocycles. The van der Waals surface area contributed by atoms with Crippen LogP contribution in [-0.4, -0.2) is 12.5 Å². The molecule has 2 rings (SSSR count). The van der Waals surface area contributed by atoms with Crippen LogP contribution in [0.25, 0.3) is 0 Å². The maximum absolute atomic E-state index is 12.3. The molecule has 0 bridgehead atoms. The molecule has 1 aliphatic rings. The average molecular weight is 276 g/mol. The van der Waals surface area contributed by atoms with Crippen LogP contribution >= 0.6 is 0 Å². The lowest BCUT2D eigenvalue weighted by molar-refractivity contribution is -0.120. The summed E-state index contributed by atoms with van der Waals surface area (Å²) in [4.78, 5) is 12.3. The molecule has 2 unspecified atom stereocenters. The van der Waals surface area contributed by atoms with Crippen LogP contribution in [0.2, 0.25) is 0 Å². The fourth-order valence-corrected chi connectivity index (χ4v) is 2.88. The van der Waals surface area contributed by atoms with Crippen molar-refractivity contribution in [1.82, 2.24) is 0 Å². The Morgan fingerprint density at radius 1 is 1.45 bits per heavy atom. The van der Waals surface area contributed by atoms with Crippen LogP contribution in [0.15, 0.2) is 18.2 Å². The number of ether oxygens (including phenoxy) is 1. The van der Waals surface area contributed by atoms with Crippen LogP contribution in [0.3, 0.4) is 0 Å². The first-order valence-electron chi connectivity index (χ1n) is 7.42. The van der Waals surface area contributed by atoms with Crippen LogP contribution in [0.4, 0.5) is 5.69 Å². The number of amides is 1. The zero-order chi connectivity index (χ0) is 14.5. The van der Waals surface area contributed by atoms with Crippen LogP contribution in [0, 0.1) is 11.8 Å². The van der Waals surface area contributed by atoms with Gasteiger partial charge in [0.25, 0.3) is 0 Å². The number of nitrogens with one attached hydrogen (secondary N) is 1. The van der Waals surface area contributed by atoms with Gasteiger partial charge in [-0.25, -0.2) is 0 Å². The molecular weight excluding hydrogens is 252 g/mol. The number of anilines is 1. The van der Waals surface area contributed by atoms with Crippen molar-refractivity contribution < 1.29 is 9.53 Å². The predicted octanol–water partition coefficient (Wildman–Crippen LogP) is 2.92. The Bertz CT molecular complexity index is 474. The van der Waals surface area contributed by atoms with Gasteiger partial charge >= 0.3 is 0 Å². The van der Waals surface area contributed by atoms with E-state index in [1.54, 1.807) is 0 Å². The topological polar surface area (TPSA) is 64.3 Å². The summed E-state index contributed by atoms with van der Waals surface area (Å²) in [5, 5.41) is 3.01. The van der Waals surface area contributed by atoms with E-state index in [1.165, 1.54) is 0 Å². The third-order valence-electron chi connectivity index (χ3n) is 4.05. The minimum Gasteiger partial charge on any atom is -0.494 e. The fraction of sp³-hybridized carbons (Fsp3) is 0.562. The van der Waals surface area contributed by atoms with Gasteiger partial charge in [-0.1, -0.05) is 13.3 Å². The highest BCUT2D eigenvalue weighted by atomic mass is 16.5.